The van der Waals surface area contributed by atoms with Gasteiger partial charge >= 0.3 is 0 Å². The Labute approximate surface area is 173 Å². The summed E-state index contributed by atoms with van der Waals surface area (Å²) in [5.74, 6) is -1.32. The predicted molar refractivity (Wildman–Crippen MR) is 112 cm³/mol. The van der Waals surface area contributed by atoms with E-state index in [4.69, 9.17) is 11.6 Å². The van der Waals surface area contributed by atoms with Crippen molar-refractivity contribution in [2.75, 3.05) is 0 Å². The highest BCUT2D eigenvalue weighted by Crippen LogP contribution is 2.44. The number of hydrogen-bond donors (Lipinski definition) is 1. The Kier molecular flexibility index (Phi) is 5.12. The molecule has 0 saturated carbocycles. The van der Waals surface area contributed by atoms with Crippen LogP contribution in [0.3, 0.4) is 0 Å². The minimum atomic E-state index is -0.744. The molecule has 0 saturated heterocycles. The molecule has 0 radical (unpaired) electrons. The molecule has 1 atom stereocenters. The normalized spacial score (nSPS) is 16.6. The average molecular weight is 408 g/mol. The second-order valence-electron chi connectivity index (χ2n) is 7.11. The fourth-order valence-electron chi connectivity index (χ4n) is 3.65. The molecule has 1 heterocycles. The van der Waals surface area contributed by atoms with Crippen molar-refractivity contribution >= 4 is 23.1 Å². The highest BCUT2D eigenvalue weighted by atomic mass is 35.5. The Hall–Kier alpha value is -3.11. The highest BCUT2D eigenvalue weighted by molar-refractivity contribution is 6.30. The lowest BCUT2D eigenvalue weighted by Gasteiger charge is -2.28. The van der Waals surface area contributed by atoms with Crippen LogP contribution in [0.25, 0.3) is 5.57 Å². The van der Waals surface area contributed by atoms with Gasteiger partial charge in [0.2, 0.25) is 0 Å². The maximum atomic E-state index is 14.8. The number of aliphatic hydroxyl groups excluding tert-OH is 1. The monoisotopic (exact) mass is 407 g/mol. The molecular formula is C24H19ClFNO2. The maximum Gasteiger partial charge on any atom is 0.290 e. The Morgan fingerprint density at radius 3 is 2.31 bits per heavy atom. The van der Waals surface area contributed by atoms with Gasteiger partial charge in [0.25, 0.3) is 5.91 Å². The van der Waals surface area contributed by atoms with Gasteiger partial charge in [-0.2, -0.15) is 0 Å². The third kappa shape index (κ3) is 3.64. The lowest BCUT2D eigenvalue weighted by Crippen LogP contribution is -2.30. The van der Waals surface area contributed by atoms with Gasteiger partial charge < -0.3 is 10.0 Å². The van der Waals surface area contributed by atoms with Crippen LogP contribution >= 0.6 is 11.6 Å². The number of halogens is 2. The Balaban J connectivity index is 1.83. The first-order valence-electron chi connectivity index (χ1n) is 9.25. The van der Waals surface area contributed by atoms with E-state index in [1.807, 2.05) is 31.2 Å². The number of benzene rings is 3. The molecule has 1 aliphatic heterocycles. The molecule has 1 amide bonds. The minimum absolute atomic E-state index is 0.249. The average Bonchev–Trinajstić information content (AvgIpc) is 2.95. The number of hydrogen-bond acceptors (Lipinski definition) is 2. The van der Waals surface area contributed by atoms with Crippen LogP contribution in [0.4, 0.5) is 4.39 Å². The summed E-state index contributed by atoms with van der Waals surface area (Å²) in [6.07, 6.45) is 0. The summed E-state index contributed by atoms with van der Waals surface area (Å²) in [4.78, 5) is 14.5. The van der Waals surface area contributed by atoms with Gasteiger partial charge in [-0.25, -0.2) is 4.39 Å². The summed E-state index contributed by atoms with van der Waals surface area (Å²) < 4.78 is 14.8. The van der Waals surface area contributed by atoms with Gasteiger partial charge in [0.1, 0.15) is 5.82 Å². The Morgan fingerprint density at radius 2 is 1.66 bits per heavy atom. The smallest absolute Gasteiger partial charge is 0.290 e. The fourth-order valence-corrected chi connectivity index (χ4v) is 3.78. The topological polar surface area (TPSA) is 40.5 Å². The third-order valence-corrected chi connectivity index (χ3v) is 5.38. The third-order valence-electron chi connectivity index (χ3n) is 5.13. The lowest BCUT2D eigenvalue weighted by atomic mass is 9.93. The summed E-state index contributed by atoms with van der Waals surface area (Å²) in [7, 11) is 0. The fraction of sp³-hybridized carbons (Fsp3) is 0.125. The molecule has 1 N–H and O–H groups in total. The summed E-state index contributed by atoms with van der Waals surface area (Å²) in [6.45, 7) is 2.23. The molecular weight excluding hydrogens is 389 g/mol. The predicted octanol–water partition coefficient (Wildman–Crippen LogP) is 5.84. The number of rotatable bonds is 4. The molecule has 146 valence electrons. The van der Waals surface area contributed by atoms with E-state index < -0.39 is 17.8 Å². The Bertz CT molecular complexity index is 1090. The molecule has 4 rings (SSSR count). The first-order chi connectivity index (χ1) is 14.0. The maximum absolute atomic E-state index is 14.8. The number of aliphatic hydroxyl groups is 1. The van der Waals surface area contributed by atoms with Crippen LogP contribution < -0.4 is 0 Å². The second kappa shape index (κ2) is 7.72. The first-order valence-corrected chi connectivity index (χ1v) is 9.63. The van der Waals surface area contributed by atoms with Gasteiger partial charge in [-0.15, -0.1) is 0 Å². The molecule has 3 aromatic carbocycles. The van der Waals surface area contributed by atoms with E-state index in [0.29, 0.717) is 21.7 Å². The highest BCUT2D eigenvalue weighted by Gasteiger charge is 2.42. The van der Waals surface area contributed by atoms with Crippen LogP contribution in [-0.4, -0.2) is 15.9 Å². The van der Waals surface area contributed by atoms with E-state index in [1.54, 1.807) is 42.5 Å². The summed E-state index contributed by atoms with van der Waals surface area (Å²) >= 11 is 5.99. The van der Waals surface area contributed by atoms with Gasteiger partial charge in [0.15, 0.2) is 5.76 Å². The van der Waals surface area contributed by atoms with Gasteiger partial charge in [0, 0.05) is 22.7 Å². The number of amides is 1. The SMILES string of the molecule is Cc1ccc(CN2C(=O)C(O)=C(c3ccc(Cl)cc3)[C@@H]2c2ccccc2F)cc1. The zero-order valence-corrected chi connectivity index (χ0v) is 16.5. The zero-order valence-electron chi connectivity index (χ0n) is 15.8. The van der Waals surface area contributed by atoms with E-state index in [-0.39, 0.29) is 12.3 Å². The number of carbonyl (C=O) groups is 1. The molecule has 0 aromatic heterocycles. The van der Waals surface area contributed by atoms with Crippen LogP contribution in [-0.2, 0) is 11.3 Å². The zero-order chi connectivity index (χ0) is 20.5. The minimum Gasteiger partial charge on any atom is -0.503 e. The number of carbonyl (C=O) groups excluding carboxylic acids is 1. The standard InChI is InChI=1S/C24H19ClFNO2/c1-15-6-8-16(9-7-15)14-27-22(19-4-2-3-5-20(19)26)21(23(28)24(27)29)17-10-12-18(25)13-11-17/h2-13,22,28H,14H2,1H3/t22-/m0/s1. The van der Waals surface area contributed by atoms with Crippen molar-refractivity contribution in [3.8, 4) is 0 Å². The van der Waals surface area contributed by atoms with Crippen LogP contribution in [0.5, 0.6) is 0 Å². The van der Waals surface area contributed by atoms with Crippen LogP contribution in [0.1, 0.15) is 28.3 Å². The molecule has 1 aliphatic rings. The van der Waals surface area contributed by atoms with Gasteiger partial charge in [-0.3, -0.25) is 4.79 Å². The molecule has 0 spiro atoms. The van der Waals surface area contributed by atoms with Crippen molar-refractivity contribution in [2.45, 2.75) is 19.5 Å². The molecule has 0 fully saturated rings. The van der Waals surface area contributed by atoms with Crippen molar-refractivity contribution in [1.82, 2.24) is 4.90 Å². The molecule has 5 heteroatoms. The van der Waals surface area contributed by atoms with Gasteiger partial charge in [0.05, 0.1) is 6.04 Å². The van der Waals surface area contributed by atoms with Gasteiger partial charge in [-0.1, -0.05) is 71.8 Å². The van der Waals surface area contributed by atoms with E-state index in [2.05, 4.69) is 0 Å². The van der Waals surface area contributed by atoms with Crippen molar-refractivity contribution < 1.29 is 14.3 Å². The second-order valence-corrected chi connectivity index (χ2v) is 7.55. The van der Waals surface area contributed by atoms with E-state index in [9.17, 15) is 14.3 Å². The van der Waals surface area contributed by atoms with Crippen molar-refractivity contribution in [2.24, 2.45) is 0 Å². The molecule has 29 heavy (non-hydrogen) atoms. The molecule has 3 aromatic rings. The van der Waals surface area contributed by atoms with E-state index in [0.717, 1.165) is 11.1 Å². The summed E-state index contributed by atoms with van der Waals surface area (Å²) in [5, 5.41) is 11.3. The van der Waals surface area contributed by atoms with Crippen molar-refractivity contribution in [3.63, 3.8) is 0 Å². The number of nitrogens with zero attached hydrogens (tertiary/aromatic N) is 1. The van der Waals surface area contributed by atoms with Crippen molar-refractivity contribution in [1.29, 1.82) is 0 Å². The van der Waals surface area contributed by atoms with E-state index >= 15 is 0 Å². The van der Waals surface area contributed by atoms with Crippen LogP contribution in [0.2, 0.25) is 5.02 Å². The molecule has 0 aliphatic carbocycles. The van der Waals surface area contributed by atoms with Crippen molar-refractivity contribution in [3.05, 3.63) is 112 Å². The summed E-state index contributed by atoms with van der Waals surface area (Å²) in [5.41, 5.74) is 3.34. The molecule has 3 nitrogen and oxygen atoms in total. The van der Waals surface area contributed by atoms with Crippen LogP contribution in [0.15, 0.2) is 78.6 Å². The molecule has 0 bridgehead atoms. The lowest BCUT2D eigenvalue weighted by molar-refractivity contribution is -0.130. The largest absolute Gasteiger partial charge is 0.503 e. The summed E-state index contributed by atoms with van der Waals surface area (Å²) in [6, 6.07) is 20.2. The van der Waals surface area contributed by atoms with Crippen LogP contribution in [0, 0.1) is 12.7 Å². The van der Waals surface area contributed by atoms with Gasteiger partial charge in [-0.05, 0) is 36.2 Å². The Morgan fingerprint density at radius 1 is 1.00 bits per heavy atom. The number of aryl methyl sites for hydroxylation is 1. The quantitative estimate of drug-likeness (QED) is 0.590. The molecule has 0 unspecified atom stereocenters. The van der Waals surface area contributed by atoms with E-state index in [1.165, 1.54) is 11.0 Å². The first kappa shape index (κ1) is 19.2.